The highest BCUT2D eigenvalue weighted by Gasteiger charge is 2.11. The second-order valence-corrected chi connectivity index (χ2v) is 6.98. The van der Waals surface area contributed by atoms with Crippen LogP contribution in [0.3, 0.4) is 0 Å². The van der Waals surface area contributed by atoms with Crippen molar-refractivity contribution in [2.45, 2.75) is 19.9 Å². The lowest BCUT2D eigenvalue weighted by Crippen LogP contribution is -2.05. The fraction of sp³-hybridized carbons (Fsp3) is 0.227. The van der Waals surface area contributed by atoms with E-state index in [9.17, 15) is 4.39 Å². The van der Waals surface area contributed by atoms with Crippen molar-refractivity contribution < 1.29 is 13.9 Å². The minimum atomic E-state index is -0.504. The van der Waals surface area contributed by atoms with Crippen molar-refractivity contribution >= 4 is 16.9 Å². The number of aromatic nitrogens is 4. The lowest BCUT2D eigenvalue weighted by molar-refractivity contribution is 0.368. The first-order valence-corrected chi connectivity index (χ1v) is 9.45. The molecule has 0 saturated heterocycles. The van der Waals surface area contributed by atoms with Crippen LogP contribution in [0.2, 0.25) is 0 Å². The van der Waals surface area contributed by atoms with E-state index in [0.717, 1.165) is 27.7 Å². The van der Waals surface area contributed by atoms with Gasteiger partial charge in [-0.2, -0.15) is 0 Å². The number of nitrogens with one attached hydrogen (secondary N) is 2. The zero-order valence-electron chi connectivity index (χ0n) is 17.0. The van der Waals surface area contributed by atoms with Crippen LogP contribution in [0.1, 0.15) is 22.3 Å². The SMILES string of the molecule is COc1cc(Cc2c[nH]c3ncc(C)cc23)cnc1NCc1cnc(OC)c(F)c1. The monoisotopic (exact) mass is 407 g/mol. The second kappa shape index (κ2) is 8.36. The van der Waals surface area contributed by atoms with Gasteiger partial charge in [-0.3, -0.25) is 0 Å². The van der Waals surface area contributed by atoms with Crippen LogP contribution >= 0.6 is 0 Å². The first kappa shape index (κ1) is 19.6. The van der Waals surface area contributed by atoms with E-state index in [4.69, 9.17) is 9.47 Å². The van der Waals surface area contributed by atoms with Gasteiger partial charge in [0.1, 0.15) is 5.65 Å². The molecular formula is C22H22FN5O2. The molecule has 4 rings (SSSR count). The molecule has 2 N–H and O–H groups in total. The van der Waals surface area contributed by atoms with Crippen LogP contribution in [0.25, 0.3) is 11.0 Å². The number of hydrogen-bond acceptors (Lipinski definition) is 6. The molecule has 0 aromatic carbocycles. The molecule has 4 aromatic heterocycles. The molecular weight excluding hydrogens is 385 g/mol. The van der Waals surface area contributed by atoms with Gasteiger partial charge in [0.2, 0.25) is 5.88 Å². The number of methoxy groups -OCH3 is 2. The van der Waals surface area contributed by atoms with Crippen LogP contribution in [-0.2, 0) is 13.0 Å². The summed E-state index contributed by atoms with van der Waals surface area (Å²) in [6.45, 7) is 2.38. The molecule has 4 aromatic rings. The highest BCUT2D eigenvalue weighted by Crippen LogP contribution is 2.27. The number of halogens is 1. The van der Waals surface area contributed by atoms with E-state index < -0.39 is 5.82 Å². The molecule has 0 aliphatic rings. The molecule has 0 unspecified atom stereocenters. The third kappa shape index (κ3) is 4.03. The van der Waals surface area contributed by atoms with Crippen LogP contribution in [0.5, 0.6) is 11.6 Å². The number of ether oxygens (including phenoxy) is 2. The van der Waals surface area contributed by atoms with Gasteiger partial charge in [0.15, 0.2) is 17.4 Å². The van der Waals surface area contributed by atoms with E-state index in [1.165, 1.54) is 13.2 Å². The van der Waals surface area contributed by atoms with Gasteiger partial charge in [-0.15, -0.1) is 0 Å². The summed E-state index contributed by atoms with van der Waals surface area (Å²) in [5, 5.41) is 4.27. The highest BCUT2D eigenvalue weighted by molar-refractivity contribution is 5.80. The largest absolute Gasteiger partial charge is 0.493 e. The Morgan fingerprint density at radius 2 is 1.83 bits per heavy atom. The Morgan fingerprint density at radius 1 is 1.00 bits per heavy atom. The number of fused-ring (bicyclic) bond motifs is 1. The number of nitrogens with zero attached hydrogens (tertiary/aromatic N) is 3. The molecule has 4 heterocycles. The summed E-state index contributed by atoms with van der Waals surface area (Å²) in [5.41, 5.74) is 4.81. The number of rotatable bonds is 7. The van der Waals surface area contributed by atoms with E-state index in [1.807, 2.05) is 25.4 Å². The number of pyridine rings is 3. The van der Waals surface area contributed by atoms with Crippen LogP contribution in [-0.4, -0.2) is 34.2 Å². The topological polar surface area (TPSA) is 85.0 Å². The van der Waals surface area contributed by atoms with Crippen molar-refractivity contribution in [3.63, 3.8) is 0 Å². The fourth-order valence-corrected chi connectivity index (χ4v) is 3.30. The highest BCUT2D eigenvalue weighted by atomic mass is 19.1. The Labute approximate surface area is 173 Å². The van der Waals surface area contributed by atoms with Gasteiger partial charge in [-0.1, -0.05) is 0 Å². The molecule has 0 fully saturated rings. The molecule has 0 radical (unpaired) electrons. The first-order chi connectivity index (χ1) is 14.6. The minimum Gasteiger partial charge on any atom is -0.493 e. The average Bonchev–Trinajstić information content (AvgIpc) is 3.14. The Morgan fingerprint density at radius 3 is 2.60 bits per heavy atom. The number of aryl methyl sites for hydroxylation is 1. The summed E-state index contributed by atoms with van der Waals surface area (Å²) >= 11 is 0. The molecule has 8 heteroatoms. The maximum atomic E-state index is 13.8. The number of anilines is 1. The molecule has 0 spiro atoms. The zero-order valence-corrected chi connectivity index (χ0v) is 17.0. The summed E-state index contributed by atoms with van der Waals surface area (Å²) in [6, 6.07) is 5.45. The van der Waals surface area contributed by atoms with Crippen molar-refractivity contribution in [1.29, 1.82) is 0 Å². The standard InChI is InChI=1S/C22H22FN5O2/c1-13-4-17-16(12-27-20(17)24-8-13)5-14-7-19(29-2)21(25-9-14)26-10-15-6-18(23)22(30-3)28-11-15/h4,6-9,11-12H,5,10H2,1-3H3,(H,24,27)(H,25,26). The van der Waals surface area contributed by atoms with Crippen molar-refractivity contribution in [1.82, 2.24) is 19.9 Å². The van der Waals surface area contributed by atoms with Gasteiger partial charge in [-0.25, -0.2) is 19.3 Å². The molecule has 0 aliphatic carbocycles. The molecule has 0 aliphatic heterocycles. The first-order valence-electron chi connectivity index (χ1n) is 9.45. The van der Waals surface area contributed by atoms with Gasteiger partial charge in [0.05, 0.1) is 14.2 Å². The quantitative estimate of drug-likeness (QED) is 0.481. The molecule has 30 heavy (non-hydrogen) atoms. The Balaban J connectivity index is 1.51. The van der Waals surface area contributed by atoms with Gasteiger partial charge >= 0.3 is 0 Å². The summed E-state index contributed by atoms with van der Waals surface area (Å²) in [6.07, 6.45) is 7.88. The Kier molecular flexibility index (Phi) is 5.47. The number of H-pyrrole nitrogens is 1. The van der Waals surface area contributed by atoms with Crippen LogP contribution in [0, 0.1) is 12.7 Å². The Bertz CT molecular complexity index is 1190. The van der Waals surface area contributed by atoms with Crippen LogP contribution < -0.4 is 14.8 Å². The number of hydrogen-bond donors (Lipinski definition) is 2. The average molecular weight is 407 g/mol. The lowest BCUT2D eigenvalue weighted by atomic mass is 10.1. The maximum absolute atomic E-state index is 13.8. The zero-order chi connectivity index (χ0) is 21.1. The lowest BCUT2D eigenvalue weighted by Gasteiger charge is -2.12. The van der Waals surface area contributed by atoms with Gasteiger partial charge in [0.25, 0.3) is 0 Å². The van der Waals surface area contributed by atoms with Crippen molar-refractivity contribution in [2.24, 2.45) is 0 Å². The smallest absolute Gasteiger partial charge is 0.250 e. The summed E-state index contributed by atoms with van der Waals surface area (Å²) < 4.78 is 24.2. The third-order valence-corrected chi connectivity index (χ3v) is 4.79. The molecule has 0 saturated carbocycles. The predicted octanol–water partition coefficient (Wildman–Crippen LogP) is 4.02. The van der Waals surface area contributed by atoms with Crippen molar-refractivity contribution in [3.8, 4) is 11.6 Å². The van der Waals surface area contributed by atoms with Crippen molar-refractivity contribution in [3.05, 3.63) is 71.1 Å². The van der Waals surface area contributed by atoms with Gasteiger partial charge < -0.3 is 19.8 Å². The molecule has 0 bridgehead atoms. The molecule has 7 nitrogen and oxygen atoms in total. The minimum absolute atomic E-state index is 0.0264. The maximum Gasteiger partial charge on any atom is 0.250 e. The molecule has 0 amide bonds. The Hall–Kier alpha value is -3.68. The predicted molar refractivity (Wildman–Crippen MR) is 112 cm³/mol. The molecule has 154 valence electrons. The molecule has 0 atom stereocenters. The van der Waals surface area contributed by atoms with Gasteiger partial charge in [0, 0.05) is 43.1 Å². The van der Waals surface area contributed by atoms with Crippen LogP contribution in [0.15, 0.2) is 43.0 Å². The summed E-state index contributed by atoms with van der Waals surface area (Å²) in [4.78, 5) is 16.1. The number of aromatic amines is 1. The second-order valence-electron chi connectivity index (χ2n) is 6.98. The summed E-state index contributed by atoms with van der Waals surface area (Å²) in [5.74, 6) is 0.662. The van der Waals surface area contributed by atoms with E-state index in [2.05, 4.69) is 31.3 Å². The van der Waals surface area contributed by atoms with E-state index in [0.29, 0.717) is 30.1 Å². The summed E-state index contributed by atoms with van der Waals surface area (Å²) in [7, 11) is 2.98. The van der Waals surface area contributed by atoms with E-state index in [1.54, 1.807) is 19.5 Å². The van der Waals surface area contributed by atoms with Gasteiger partial charge in [-0.05, 0) is 47.4 Å². The van der Waals surface area contributed by atoms with E-state index in [-0.39, 0.29) is 5.88 Å². The van der Waals surface area contributed by atoms with E-state index >= 15 is 0 Å². The normalized spacial score (nSPS) is 10.9. The van der Waals surface area contributed by atoms with Crippen LogP contribution in [0.4, 0.5) is 10.2 Å². The fourth-order valence-electron chi connectivity index (χ4n) is 3.30. The van der Waals surface area contributed by atoms with Crippen molar-refractivity contribution in [2.75, 3.05) is 19.5 Å². The third-order valence-electron chi connectivity index (χ3n) is 4.79.